The molecule has 0 aliphatic carbocycles. The molecule has 2 N–H and O–H groups in total. The van der Waals surface area contributed by atoms with Gasteiger partial charge in [-0.15, -0.1) is 0 Å². The summed E-state index contributed by atoms with van der Waals surface area (Å²) in [4.78, 5) is 21.8. The fraction of sp³-hybridized carbons (Fsp3) is 0.207. The quantitative estimate of drug-likeness (QED) is 0.288. The topological polar surface area (TPSA) is 61.1 Å². The lowest BCUT2D eigenvalue weighted by atomic mass is 10.0. The van der Waals surface area contributed by atoms with Crippen LogP contribution in [-0.4, -0.2) is 27.4 Å². The third kappa shape index (κ3) is 4.55. The van der Waals surface area contributed by atoms with Crippen molar-refractivity contribution < 1.29 is 9.53 Å². The number of aromatic amines is 2. The second kappa shape index (κ2) is 9.48. The summed E-state index contributed by atoms with van der Waals surface area (Å²) in [5, 5.41) is 2.26. The van der Waals surface area contributed by atoms with Gasteiger partial charge >= 0.3 is 0 Å². The maximum absolute atomic E-state index is 13.4. The van der Waals surface area contributed by atoms with E-state index in [1.54, 1.807) is 0 Å². The van der Waals surface area contributed by atoms with Gasteiger partial charge in [0.05, 0.1) is 0 Å². The molecule has 0 saturated heterocycles. The number of fused-ring (bicyclic) bond motifs is 2. The summed E-state index contributed by atoms with van der Waals surface area (Å²) in [5.74, 6) is 1.12. The van der Waals surface area contributed by atoms with Crippen molar-refractivity contribution in [3.63, 3.8) is 0 Å². The van der Waals surface area contributed by atoms with E-state index in [-0.39, 0.29) is 12.5 Å². The predicted octanol–water partition coefficient (Wildman–Crippen LogP) is 6.38. The van der Waals surface area contributed by atoms with Crippen molar-refractivity contribution in [2.75, 3.05) is 6.61 Å². The number of nitrogens with zero attached hydrogens (tertiary/aromatic N) is 1. The van der Waals surface area contributed by atoms with Gasteiger partial charge in [0.15, 0.2) is 6.61 Å². The Morgan fingerprint density at radius 3 is 1.88 bits per heavy atom. The molecule has 0 aliphatic heterocycles. The minimum absolute atomic E-state index is 0.00669. The van der Waals surface area contributed by atoms with Gasteiger partial charge in [0.2, 0.25) is 0 Å². The maximum atomic E-state index is 13.4. The zero-order chi connectivity index (χ0) is 23.5. The Morgan fingerprint density at radius 2 is 1.35 bits per heavy atom. The largest absolute Gasteiger partial charge is 0.484 e. The first kappa shape index (κ1) is 21.8. The normalized spacial score (nSPS) is 11.4. The monoisotopic (exact) mass is 451 g/mol. The first-order valence-electron chi connectivity index (χ1n) is 11.7. The van der Waals surface area contributed by atoms with Crippen LogP contribution in [0.3, 0.4) is 0 Å². The Kier molecular flexibility index (Phi) is 6.09. The van der Waals surface area contributed by atoms with Gasteiger partial charge in [0.25, 0.3) is 5.91 Å². The van der Waals surface area contributed by atoms with Crippen molar-refractivity contribution >= 4 is 27.7 Å². The second-order valence-electron chi connectivity index (χ2n) is 8.97. The van der Waals surface area contributed by atoms with Crippen LogP contribution in [0.5, 0.6) is 5.75 Å². The molecule has 0 spiro atoms. The molecule has 0 unspecified atom stereocenters. The molecule has 0 radical (unpaired) electrons. The van der Waals surface area contributed by atoms with Crippen LogP contribution in [0.25, 0.3) is 21.8 Å². The van der Waals surface area contributed by atoms with E-state index in [0.717, 1.165) is 32.9 Å². The molecule has 5 aromatic rings. The third-order valence-electron chi connectivity index (χ3n) is 6.35. The number of hydrogen-bond acceptors (Lipinski definition) is 2. The molecular formula is C29H29N3O2. The van der Waals surface area contributed by atoms with Gasteiger partial charge in [-0.2, -0.15) is 0 Å². The van der Waals surface area contributed by atoms with Crippen LogP contribution in [0.1, 0.15) is 36.5 Å². The summed E-state index contributed by atoms with van der Waals surface area (Å²) in [6, 6.07) is 24.4. The van der Waals surface area contributed by atoms with E-state index in [4.69, 9.17) is 4.74 Å². The highest BCUT2D eigenvalue weighted by Gasteiger charge is 2.18. The molecule has 0 saturated carbocycles. The van der Waals surface area contributed by atoms with Crippen LogP contribution in [0, 0.1) is 0 Å². The van der Waals surface area contributed by atoms with Crippen LogP contribution in [0.2, 0.25) is 0 Å². The zero-order valence-electron chi connectivity index (χ0n) is 19.5. The number of H-pyrrole nitrogens is 2. The molecule has 0 fully saturated rings. The molecule has 5 heteroatoms. The third-order valence-corrected chi connectivity index (χ3v) is 6.35. The van der Waals surface area contributed by atoms with E-state index in [0.29, 0.717) is 24.8 Å². The Labute approximate surface area is 199 Å². The van der Waals surface area contributed by atoms with Crippen molar-refractivity contribution in [3.05, 3.63) is 102 Å². The predicted molar refractivity (Wildman–Crippen MR) is 137 cm³/mol. The van der Waals surface area contributed by atoms with E-state index >= 15 is 0 Å². The molecule has 0 bridgehead atoms. The molecule has 5 nitrogen and oxygen atoms in total. The molecule has 0 atom stereocenters. The number of hydrogen-bond donors (Lipinski definition) is 2. The number of carbonyl (C=O) groups is 1. The number of carbonyl (C=O) groups excluding carboxylic acids is 1. The summed E-state index contributed by atoms with van der Waals surface area (Å²) in [5.41, 5.74) is 5.60. The van der Waals surface area contributed by atoms with E-state index in [2.05, 4.69) is 72.3 Å². The van der Waals surface area contributed by atoms with Crippen LogP contribution >= 0.6 is 0 Å². The number of benzene rings is 3. The summed E-state index contributed by atoms with van der Waals surface area (Å²) in [6.45, 7) is 5.32. The van der Waals surface area contributed by atoms with Crippen molar-refractivity contribution in [2.24, 2.45) is 0 Å². The van der Waals surface area contributed by atoms with Gasteiger partial charge < -0.3 is 19.6 Å². The summed E-state index contributed by atoms with van der Waals surface area (Å²) in [7, 11) is 0. The SMILES string of the molecule is CC(C)c1ccc(OCC(=O)N(Cc2cccc3[nH]ccc23)Cc2cccc3[nH]ccc23)cc1. The molecule has 2 aromatic heterocycles. The Balaban J connectivity index is 1.39. The average molecular weight is 452 g/mol. The van der Waals surface area contributed by atoms with Gasteiger partial charge in [0.1, 0.15) is 5.75 Å². The molecule has 0 aliphatic rings. The van der Waals surface area contributed by atoms with Gasteiger partial charge in [-0.05, 0) is 59.0 Å². The summed E-state index contributed by atoms with van der Waals surface area (Å²) < 4.78 is 5.90. The van der Waals surface area contributed by atoms with Gasteiger partial charge in [-0.3, -0.25) is 4.79 Å². The molecule has 2 heterocycles. The van der Waals surface area contributed by atoms with Crippen molar-refractivity contribution in [1.82, 2.24) is 14.9 Å². The second-order valence-corrected chi connectivity index (χ2v) is 8.97. The van der Waals surface area contributed by atoms with Gasteiger partial charge in [-0.25, -0.2) is 0 Å². The number of aromatic nitrogens is 2. The van der Waals surface area contributed by atoms with E-state index in [1.165, 1.54) is 5.56 Å². The van der Waals surface area contributed by atoms with Crippen molar-refractivity contribution in [1.29, 1.82) is 0 Å². The Hall–Kier alpha value is -3.99. The minimum atomic E-state index is -0.0481. The summed E-state index contributed by atoms with van der Waals surface area (Å²) in [6.07, 6.45) is 3.87. The Bertz CT molecular complexity index is 1340. The maximum Gasteiger partial charge on any atom is 0.261 e. The number of rotatable bonds is 8. The number of nitrogens with one attached hydrogen (secondary N) is 2. The fourth-order valence-electron chi connectivity index (χ4n) is 4.41. The molecular weight excluding hydrogens is 422 g/mol. The highest BCUT2D eigenvalue weighted by molar-refractivity contribution is 5.85. The number of ether oxygens (including phenoxy) is 1. The Morgan fingerprint density at radius 1 is 0.794 bits per heavy atom. The molecule has 1 amide bonds. The molecule has 3 aromatic carbocycles. The molecule has 172 valence electrons. The van der Waals surface area contributed by atoms with Gasteiger partial charge in [-0.1, -0.05) is 50.2 Å². The minimum Gasteiger partial charge on any atom is -0.484 e. The van der Waals surface area contributed by atoms with Crippen LogP contribution in [0.15, 0.2) is 85.2 Å². The average Bonchev–Trinajstić information content (AvgIpc) is 3.53. The lowest BCUT2D eigenvalue weighted by molar-refractivity contribution is -0.134. The van der Waals surface area contributed by atoms with E-state index < -0.39 is 0 Å². The van der Waals surface area contributed by atoms with Gasteiger partial charge in [0, 0.05) is 47.3 Å². The number of amides is 1. The smallest absolute Gasteiger partial charge is 0.261 e. The highest BCUT2D eigenvalue weighted by Crippen LogP contribution is 2.24. The lowest BCUT2D eigenvalue weighted by Gasteiger charge is -2.24. The first-order chi connectivity index (χ1) is 16.6. The van der Waals surface area contributed by atoms with E-state index in [9.17, 15) is 4.79 Å². The van der Waals surface area contributed by atoms with Crippen molar-refractivity contribution in [3.8, 4) is 5.75 Å². The lowest BCUT2D eigenvalue weighted by Crippen LogP contribution is -2.34. The first-order valence-corrected chi connectivity index (χ1v) is 11.7. The van der Waals surface area contributed by atoms with Crippen molar-refractivity contribution in [2.45, 2.75) is 32.9 Å². The van der Waals surface area contributed by atoms with Crippen LogP contribution < -0.4 is 4.74 Å². The van der Waals surface area contributed by atoms with Crippen LogP contribution in [0.4, 0.5) is 0 Å². The summed E-state index contributed by atoms with van der Waals surface area (Å²) >= 11 is 0. The van der Waals surface area contributed by atoms with E-state index in [1.807, 2.05) is 41.6 Å². The highest BCUT2D eigenvalue weighted by atomic mass is 16.5. The zero-order valence-corrected chi connectivity index (χ0v) is 19.5. The molecule has 5 rings (SSSR count). The standard InChI is InChI=1S/C29H29N3O2/c1-20(2)21-9-11-24(12-10-21)34-19-29(33)32(17-22-5-3-7-27-25(22)13-15-30-27)18-23-6-4-8-28-26(23)14-16-31-28/h3-16,20,30-31H,17-19H2,1-2H3. The van der Waals surface area contributed by atoms with Crippen LogP contribution in [-0.2, 0) is 17.9 Å². The molecule has 34 heavy (non-hydrogen) atoms. The fourth-order valence-corrected chi connectivity index (χ4v) is 4.41.